The highest BCUT2D eigenvalue weighted by Crippen LogP contribution is 2.42. The van der Waals surface area contributed by atoms with Crippen molar-refractivity contribution in [1.82, 2.24) is 0 Å². The molecule has 3 rings (SSSR count). The maximum absolute atomic E-state index is 10.9. The van der Waals surface area contributed by atoms with Gasteiger partial charge in [0.15, 0.2) is 11.5 Å². The van der Waals surface area contributed by atoms with E-state index in [1.807, 2.05) is 18.2 Å². The van der Waals surface area contributed by atoms with Gasteiger partial charge in [-0.25, -0.2) is 0 Å². The molecule has 1 aliphatic heterocycles. The van der Waals surface area contributed by atoms with Crippen LogP contribution in [-0.4, -0.2) is 17.9 Å². The summed E-state index contributed by atoms with van der Waals surface area (Å²) in [5, 5.41) is 8.99. The van der Waals surface area contributed by atoms with Crippen molar-refractivity contribution >= 4 is 5.97 Å². The van der Waals surface area contributed by atoms with E-state index < -0.39 is 5.97 Å². The standard InChI is InChI=1S/C13H14O4/c14-13(15)10-2-1-8(5-10)9-3-4-11-12(6-9)17-7-16-11/h3-4,6,8,10H,1-2,5,7H2,(H,14,15). The van der Waals surface area contributed by atoms with Crippen LogP contribution in [0.15, 0.2) is 18.2 Å². The van der Waals surface area contributed by atoms with Crippen LogP contribution in [-0.2, 0) is 4.79 Å². The highest BCUT2D eigenvalue weighted by Gasteiger charge is 2.31. The van der Waals surface area contributed by atoms with Gasteiger partial charge in [-0.1, -0.05) is 6.07 Å². The number of hydrogen-bond acceptors (Lipinski definition) is 3. The van der Waals surface area contributed by atoms with Gasteiger partial charge in [-0.2, -0.15) is 0 Å². The smallest absolute Gasteiger partial charge is 0.306 e. The molecule has 0 saturated heterocycles. The predicted molar refractivity (Wildman–Crippen MR) is 60.3 cm³/mol. The Balaban J connectivity index is 1.79. The van der Waals surface area contributed by atoms with Crippen LogP contribution in [0.5, 0.6) is 11.5 Å². The summed E-state index contributed by atoms with van der Waals surface area (Å²) < 4.78 is 10.6. The minimum Gasteiger partial charge on any atom is -0.481 e. The number of rotatable bonds is 2. The molecule has 2 aliphatic rings. The van der Waals surface area contributed by atoms with Crippen molar-refractivity contribution in [2.75, 3.05) is 6.79 Å². The van der Waals surface area contributed by atoms with Gasteiger partial charge < -0.3 is 14.6 Å². The Hall–Kier alpha value is -1.71. The van der Waals surface area contributed by atoms with E-state index in [0.717, 1.165) is 36.3 Å². The Morgan fingerprint density at radius 3 is 2.82 bits per heavy atom. The van der Waals surface area contributed by atoms with Crippen LogP contribution in [0.3, 0.4) is 0 Å². The highest BCUT2D eigenvalue weighted by molar-refractivity contribution is 5.70. The predicted octanol–water partition coefficient (Wildman–Crippen LogP) is 2.38. The molecule has 1 aromatic rings. The van der Waals surface area contributed by atoms with Gasteiger partial charge in [0.05, 0.1) is 5.92 Å². The first kappa shape index (κ1) is 10.4. The molecular formula is C13H14O4. The number of carboxylic acids is 1. The number of ether oxygens (including phenoxy) is 2. The van der Waals surface area contributed by atoms with Gasteiger partial charge in [0.1, 0.15) is 0 Å². The zero-order valence-electron chi connectivity index (χ0n) is 9.39. The van der Waals surface area contributed by atoms with Crippen LogP contribution in [0.4, 0.5) is 0 Å². The van der Waals surface area contributed by atoms with Gasteiger partial charge in [-0.3, -0.25) is 4.79 Å². The van der Waals surface area contributed by atoms with Crippen molar-refractivity contribution in [1.29, 1.82) is 0 Å². The average Bonchev–Trinajstić information content (AvgIpc) is 2.97. The van der Waals surface area contributed by atoms with E-state index in [0.29, 0.717) is 5.92 Å². The third-order valence-electron chi connectivity index (χ3n) is 3.65. The van der Waals surface area contributed by atoms with Crippen LogP contribution in [0, 0.1) is 5.92 Å². The lowest BCUT2D eigenvalue weighted by molar-refractivity contribution is -0.141. The van der Waals surface area contributed by atoms with Gasteiger partial charge in [-0.05, 0) is 42.9 Å². The fourth-order valence-corrected chi connectivity index (χ4v) is 2.68. The van der Waals surface area contributed by atoms with E-state index in [9.17, 15) is 4.79 Å². The molecule has 0 spiro atoms. The van der Waals surface area contributed by atoms with Gasteiger partial charge >= 0.3 is 5.97 Å². The summed E-state index contributed by atoms with van der Waals surface area (Å²) in [4.78, 5) is 10.9. The monoisotopic (exact) mass is 234 g/mol. The second-order valence-corrected chi connectivity index (χ2v) is 4.66. The molecular weight excluding hydrogens is 220 g/mol. The minimum absolute atomic E-state index is 0.189. The largest absolute Gasteiger partial charge is 0.481 e. The molecule has 0 amide bonds. The Kier molecular flexibility index (Phi) is 2.42. The fraction of sp³-hybridized carbons (Fsp3) is 0.462. The Morgan fingerprint density at radius 2 is 2.06 bits per heavy atom. The first-order chi connectivity index (χ1) is 8.24. The molecule has 90 valence electrons. The summed E-state index contributed by atoms with van der Waals surface area (Å²) in [7, 11) is 0. The molecule has 4 nitrogen and oxygen atoms in total. The fourth-order valence-electron chi connectivity index (χ4n) is 2.68. The molecule has 1 aromatic carbocycles. The normalized spacial score (nSPS) is 26.1. The number of fused-ring (bicyclic) bond motifs is 1. The molecule has 0 bridgehead atoms. The number of carbonyl (C=O) groups is 1. The molecule has 1 aliphatic carbocycles. The maximum atomic E-state index is 10.9. The summed E-state index contributed by atoms with van der Waals surface area (Å²) in [5.41, 5.74) is 1.16. The van der Waals surface area contributed by atoms with Gasteiger partial charge in [-0.15, -0.1) is 0 Å². The van der Waals surface area contributed by atoms with E-state index in [-0.39, 0.29) is 12.7 Å². The molecule has 0 radical (unpaired) electrons. The summed E-state index contributed by atoms with van der Waals surface area (Å²) in [6, 6.07) is 5.91. The first-order valence-corrected chi connectivity index (χ1v) is 5.86. The average molecular weight is 234 g/mol. The van der Waals surface area contributed by atoms with E-state index in [1.165, 1.54) is 0 Å². The zero-order valence-corrected chi connectivity index (χ0v) is 9.39. The molecule has 1 heterocycles. The van der Waals surface area contributed by atoms with E-state index in [4.69, 9.17) is 14.6 Å². The van der Waals surface area contributed by atoms with E-state index in [1.54, 1.807) is 0 Å². The Bertz CT molecular complexity index is 455. The minimum atomic E-state index is -0.673. The second kappa shape index (κ2) is 3.95. The Morgan fingerprint density at radius 1 is 1.24 bits per heavy atom. The van der Waals surface area contributed by atoms with E-state index >= 15 is 0 Å². The molecule has 1 saturated carbocycles. The van der Waals surface area contributed by atoms with Crippen molar-refractivity contribution in [3.05, 3.63) is 23.8 Å². The van der Waals surface area contributed by atoms with Crippen molar-refractivity contribution in [3.63, 3.8) is 0 Å². The second-order valence-electron chi connectivity index (χ2n) is 4.66. The third-order valence-corrected chi connectivity index (χ3v) is 3.65. The molecule has 0 aromatic heterocycles. The lowest BCUT2D eigenvalue weighted by Crippen LogP contribution is -2.09. The molecule has 17 heavy (non-hydrogen) atoms. The lowest BCUT2D eigenvalue weighted by Gasteiger charge is -2.10. The number of aliphatic carboxylic acids is 1. The lowest BCUT2D eigenvalue weighted by atomic mass is 9.96. The maximum Gasteiger partial charge on any atom is 0.306 e. The summed E-state index contributed by atoms with van der Waals surface area (Å²) in [5.74, 6) is 1.03. The summed E-state index contributed by atoms with van der Waals surface area (Å²) >= 11 is 0. The van der Waals surface area contributed by atoms with Crippen molar-refractivity contribution in [3.8, 4) is 11.5 Å². The van der Waals surface area contributed by atoms with Crippen LogP contribution in [0.2, 0.25) is 0 Å². The molecule has 2 atom stereocenters. The quantitative estimate of drug-likeness (QED) is 0.853. The van der Waals surface area contributed by atoms with Crippen LogP contribution in [0.1, 0.15) is 30.7 Å². The summed E-state index contributed by atoms with van der Waals surface area (Å²) in [6.45, 7) is 0.279. The summed E-state index contributed by atoms with van der Waals surface area (Å²) in [6.07, 6.45) is 2.44. The topological polar surface area (TPSA) is 55.8 Å². The molecule has 1 fully saturated rings. The molecule has 1 N–H and O–H groups in total. The number of carboxylic acid groups (broad SMARTS) is 1. The van der Waals surface area contributed by atoms with Crippen molar-refractivity contribution in [2.45, 2.75) is 25.2 Å². The SMILES string of the molecule is O=C(O)C1CCC(c2ccc3c(c2)OCO3)C1. The number of hydrogen-bond donors (Lipinski definition) is 1. The van der Waals surface area contributed by atoms with Gasteiger partial charge in [0, 0.05) is 0 Å². The Labute approximate surface area is 99.2 Å². The number of benzene rings is 1. The van der Waals surface area contributed by atoms with Gasteiger partial charge in [0.25, 0.3) is 0 Å². The van der Waals surface area contributed by atoms with Crippen molar-refractivity contribution in [2.24, 2.45) is 5.92 Å². The molecule has 4 heteroatoms. The third kappa shape index (κ3) is 1.84. The van der Waals surface area contributed by atoms with Gasteiger partial charge in [0.2, 0.25) is 6.79 Å². The van der Waals surface area contributed by atoms with Crippen LogP contribution in [0.25, 0.3) is 0 Å². The van der Waals surface area contributed by atoms with E-state index in [2.05, 4.69) is 0 Å². The first-order valence-electron chi connectivity index (χ1n) is 5.86. The van der Waals surface area contributed by atoms with Crippen LogP contribution < -0.4 is 9.47 Å². The van der Waals surface area contributed by atoms with Crippen molar-refractivity contribution < 1.29 is 19.4 Å². The molecule has 2 unspecified atom stereocenters. The van der Waals surface area contributed by atoms with Crippen LogP contribution >= 0.6 is 0 Å². The highest BCUT2D eigenvalue weighted by atomic mass is 16.7. The zero-order chi connectivity index (χ0) is 11.8.